The first-order valence-corrected chi connectivity index (χ1v) is 6.49. The van der Waals surface area contributed by atoms with E-state index < -0.39 is 0 Å². The maximum atomic E-state index is 11.0. The van der Waals surface area contributed by atoms with Crippen molar-refractivity contribution in [2.45, 2.75) is 50.7 Å². The fraction of sp³-hybridized carbons (Fsp3) is 0.769. The number of nitrogens with zero attached hydrogens (tertiary/aromatic N) is 1. The Morgan fingerprint density at radius 3 is 2.76 bits per heavy atom. The van der Waals surface area contributed by atoms with Crippen LogP contribution in [0.1, 0.15) is 38.5 Å². The molecule has 0 aromatic rings. The number of methoxy groups -OCH3 is 1. The second-order valence-corrected chi connectivity index (χ2v) is 4.75. The van der Waals surface area contributed by atoms with Gasteiger partial charge in [0, 0.05) is 18.7 Å². The van der Waals surface area contributed by atoms with Crippen LogP contribution < -0.4 is 0 Å². The molecule has 1 atom stereocenters. The number of carbonyl (C=O) groups excluding carboxylic acids is 1. The number of ether oxygens (including phenoxy) is 1. The number of rotatable bonds is 3. The van der Waals surface area contributed by atoms with E-state index in [0.717, 1.165) is 13.0 Å². The highest BCUT2D eigenvalue weighted by atomic mass is 16.7. The summed E-state index contributed by atoms with van der Waals surface area (Å²) in [6, 6.07) is 0.584. The second-order valence-electron chi connectivity index (χ2n) is 4.75. The van der Waals surface area contributed by atoms with Crippen LogP contribution in [0.15, 0.2) is 12.2 Å². The summed E-state index contributed by atoms with van der Waals surface area (Å²) in [5.74, 6) is -0.315. The molecule has 1 saturated heterocycles. The molecule has 0 N–H and O–H groups in total. The molecule has 2 fully saturated rings. The minimum absolute atomic E-state index is 0.0380. The van der Waals surface area contributed by atoms with E-state index in [-0.39, 0.29) is 12.1 Å². The molecule has 2 rings (SSSR count). The molecule has 1 heterocycles. The maximum Gasteiger partial charge on any atom is 0.330 e. The third-order valence-electron chi connectivity index (χ3n) is 3.53. The summed E-state index contributed by atoms with van der Waals surface area (Å²) in [5.41, 5.74) is 0. The zero-order valence-electron chi connectivity index (χ0n) is 10.4. The van der Waals surface area contributed by atoms with Crippen molar-refractivity contribution in [2.24, 2.45) is 0 Å². The van der Waals surface area contributed by atoms with Gasteiger partial charge in [-0.2, -0.15) is 5.06 Å². The molecule has 0 radical (unpaired) electrons. The van der Waals surface area contributed by atoms with Crippen molar-refractivity contribution in [1.82, 2.24) is 5.06 Å². The Balaban J connectivity index is 1.78. The van der Waals surface area contributed by atoms with Crippen molar-refractivity contribution in [3.63, 3.8) is 0 Å². The molecule has 1 unspecified atom stereocenters. The minimum atomic E-state index is -0.315. The molecule has 0 amide bonds. The van der Waals surface area contributed by atoms with Crippen molar-refractivity contribution in [3.8, 4) is 0 Å². The topological polar surface area (TPSA) is 38.8 Å². The van der Waals surface area contributed by atoms with Crippen molar-refractivity contribution in [1.29, 1.82) is 0 Å². The van der Waals surface area contributed by atoms with Gasteiger partial charge in [0.2, 0.25) is 0 Å². The number of hydroxylamine groups is 2. The SMILES string of the molecule is COC(=O)/C=C/C1CCN(C2CCCCC2)O1. The second kappa shape index (κ2) is 6.17. The monoisotopic (exact) mass is 239 g/mol. The average Bonchev–Trinajstić information content (AvgIpc) is 2.86. The average molecular weight is 239 g/mol. The zero-order valence-corrected chi connectivity index (χ0v) is 10.4. The molecule has 1 saturated carbocycles. The summed E-state index contributed by atoms with van der Waals surface area (Å²) in [4.78, 5) is 16.8. The first-order chi connectivity index (χ1) is 8.29. The van der Waals surface area contributed by atoms with Gasteiger partial charge in [-0.25, -0.2) is 4.79 Å². The molecule has 1 aliphatic carbocycles. The predicted octanol–water partition coefficient (Wildman–Crippen LogP) is 2.05. The van der Waals surface area contributed by atoms with Crippen LogP contribution in [-0.4, -0.2) is 36.8 Å². The van der Waals surface area contributed by atoms with Gasteiger partial charge in [0.25, 0.3) is 0 Å². The zero-order chi connectivity index (χ0) is 12.1. The van der Waals surface area contributed by atoms with E-state index in [0.29, 0.717) is 6.04 Å². The van der Waals surface area contributed by atoms with Crippen LogP contribution in [0.4, 0.5) is 0 Å². The van der Waals surface area contributed by atoms with Crippen LogP contribution in [0, 0.1) is 0 Å². The van der Waals surface area contributed by atoms with E-state index in [4.69, 9.17) is 4.84 Å². The highest BCUT2D eigenvalue weighted by molar-refractivity contribution is 5.81. The van der Waals surface area contributed by atoms with Crippen LogP contribution in [0.3, 0.4) is 0 Å². The normalized spacial score (nSPS) is 27.7. The summed E-state index contributed by atoms with van der Waals surface area (Å²) in [6.07, 6.45) is 10.7. The fourth-order valence-electron chi connectivity index (χ4n) is 2.56. The van der Waals surface area contributed by atoms with Gasteiger partial charge < -0.3 is 4.74 Å². The molecule has 96 valence electrons. The quantitative estimate of drug-likeness (QED) is 0.558. The molecule has 4 heteroatoms. The van der Waals surface area contributed by atoms with Crippen molar-refractivity contribution < 1.29 is 14.4 Å². The number of esters is 1. The van der Waals surface area contributed by atoms with Gasteiger partial charge in [0.1, 0.15) is 0 Å². The van der Waals surface area contributed by atoms with E-state index in [1.165, 1.54) is 45.3 Å². The summed E-state index contributed by atoms with van der Waals surface area (Å²) >= 11 is 0. The Labute approximate surface area is 103 Å². The summed E-state index contributed by atoms with van der Waals surface area (Å²) < 4.78 is 4.56. The lowest BCUT2D eigenvalue weighted by atomic mass is 9.95. The smallest absolute Gasteiger partial charge is 0.330 e. The minimum Gasteiger partial charge on any atom is -0.466 e. The van der Waals surface area contributed by atoms with Crippen LogP contribution >= 0.6 is 0 Å². The third kappa shape index (κ3) is 3.54. The van der Waals surface area contributed by atoms with Gasteiger partial charge in [0.15, 0.2) is 0 Å². The molecule has 1 aliphatic heterocycles. The number of hydrogen-bond acceptors (Lipinski definition) is 4. The summed E-state index contributed by atoms with van der Waals surface area (Å²) in [5, 5.41) is 2.12. The largest absolute Gasteiger partial charge is 0.466 e. The predicted molar refractivity (Wildman–Crippen MR) is 64.2 cm³/mol. The molecular weight excluding hydrogens is 218 g/mol. The number of carbonyl (C=O) groups is 1. The molecule has 0 aromatic carbocycles. The lowest BCUT2D eigenvalue weighted by Gasteiger charge is -2.29. The number of hydrogen-bond donors (Lipinski definition) is 0. The van der Waals surface area contributed by atoms with Gasteiger partial charge in [-0.15, -0.1) is 0 Å². The van der Waals surface area contributed by atoms with E-state index in [2.05, 4.69) is 9.80 Å². The van der Waals surface area contributed by atoms with Crippen molar-refractivity contribution in [3.05, 3.63) is 12.2 Å². The van der Waals surface area contributed by atoms with Crippen LogP contribution in [0.2, 0.25) is 0 Å². The summed E-state index contributed by atoms with van der Waals surface area (Å²) in [6.45, 7) is 0.973. The molecule has 0 bridgehead atoms. The van der Waals surface area contributed by atoms with Gasteiger partial charge in [-0.1, -0.05) is 19.3 Å². The fourth-order valence-corrected chi connectivity index (χ4v) is 2.56. The molecule has 17 heavy (non-hydrogen) atoms. The third-order valence-corrected chi connectivity index (χ3v) is 3.53. The highest BCUT2D eigenvalue weighted by Gasteiger charge is 2.29. The van der Waals surface area contributed by atoms with Crippen molar-refractivity contribution in [2.75, 3.05) is 13.7 Å². The van der Waals surface area contributed by atoms with Crippen LogP contribution in [0.25, 0.3) is 0 Å². The van der Waals surface area contributed by atoms with E-state index in [9.17, 15) is 4.79 Å². The van der Waals surface area contributed by atoms with Crippen molar-refractivity contribution >= 4 is 5.97 Å². The Bertz CT molecular complexity index is 284. The van der Waals surface area contributed by atoms with E-state index in [1.807, 2.05) is 0 Å². The van der Waals surface area contributed by atoms with Crippen LogP contribution in [0.5, 0.6) is 0 Å². The Morgan fingerprint density at radius 2 is 2.06 bits per heavy atom. The lowest BCUT2D eigenvalue weighted by molar-refractivity contribution is -0.166. The Kier molecular flexibility index (Phi) is 4.57. The van der Waals surface area contributed by atoms with Gasteiger partial charge in [0.05, 0.1) is 13.2 Å². The van der Waals surface area contributed by atoms with E-state index in [1.54, 1.807) is 6.08 Å². The summed E-state index contributed by atoms with van der Waals surface area (Å²) in [7, 11) is 1.39. The lowest BCUT2D eigenvalue weighted by Crippen LogP contribution is -2.33. The Morgan fingerprint density at radius 1 is 1.29 bits per heavy atom. The molecule has 0 aromatic heterocycles. The maximum absolute atomic E-state index is 11.0. The standard InChI is InChI=1S/C13H21NO3/c1-16-13(15)8-7-12-9-10-14(17-12)11-5-3-2-4-6-11/h7-8,11-12H,2-6,9-10H2,1H3/b8-7+. The molecule has 4 nitrogen and oxygen atoms in total. The Hall–Kier alpha value is -0.870. The van der Waals surface area contributed by atoms with Gasteiger partial charge in [-0.05, 0) is 25.3 Å². The molecular formula is C13H21NO3. The molecule has 0 spiro atoms. The molecule has 2 aliphatic rings. The first-order valence-electron chi connectivity index (χ1n) is 6.49. The van der Waals surface area contributed by atoms with Crippen LogP contribution in [-0.2, 0) is 14.4 Å². The van der Waals surface area contributed by atoms with Gasteiger partial charge in [-0.3, -0.25) is 4.84 Å². The van der Waals surface area contributed by atoms with E-state index >= 15 is 0 Å². The first kappa shape index (κ1) is 12.6. The van der Waals surface area contributed by atoms with Gasteiger partial charge >= 0.3 is 5.97 Å². The highest BCUT2D eigenvalue weighted by Crippen LogP contribution is 2.27.